The number of pyridine rings is 1. The van der Waals surface area contributed by atoms with Gasteiger partial charge in [0.1, 0.15) is 11.6 Å². The lowest BCUT2D eigenvalue weighted by molar-refractivity contribution is -0.132. The van der Waals surface area contributed by atoms with E-state index in [0.717, 1.165) is 60.5 Å². The first-order chi connectivity index (χ1) is 13.6. The van der Waals surface area contributed by atoms with E-state index in [0.29, 0.717) is 0 Å². The van der Waals surface area contributed by atoms with Crippen LogP contribution in [-0.2, 0) is 17.3 Å². The second kappa shape index (κ2) is 6.33. The van der Waals surface area contributed by atoms with Gasteiger partial charge in [0.15, 0.2) is 0 Å². The van der Waals surface area contributed by atoms with Crippen molar-refractivity contribution in [3.05, 3.63) is 54.1 Å². The normalized spacial score (nSPS) is 20.5. The van der Waals surface area contributed by atoms with E-state index in [1.165, 1.54) is 0 Å². The molecule has 0 radical (unpaired) electrons. The molecule has 1 aliphatic carbocycles. The molecule has 0 spiro atoms. The third-order valence-electron chi connectivity index (χ3n) is 6.36. The van der Waals surface area contributed by atoms with Gasteiger partial charge in [-0.15, -0.1) is 0 Å². The monoisotopic (exact) mass is 376 g/mol. The number of ether oxygens (including phenoxy) is 1. The number of nitrogens with zero attached hydrogens (tertiary/aromatic N) is 4. The summed E-state index contributed by atoms with van der Waals surface area (Å²) in [6.07, 6.45) is 6.44. The number of rotatable bonds is 4. The zero-order valence-electron chi connectivity index (χ0n) is 16.3. The Kier molecular flexibility index (Phi) is 3.89. The minimum Gasteiger partial charge on any atom is -0.497 e. The molecule has 0 bridgehead atoms. The van der Waals surface area contributed by atoms with Gasteiger partial charge in [0.2, 0.25) is 5.91 Å². The van der Waals surface area contributed by atoms with E-state index >= 15 is 0 Å². The maximum Gasteiger partial charge on any atom is 0.233 e. The highest BCUT2D eigenvalue weighted by atomic mass is 16.5. The minimum absolute atomic E-state index is 0.264. The Morgan fingerprint density at radius 3 is 2.68 bits per heavy atom. The highest BCUT2D eigenvalue weighted by Crippen LogP contribution is 2.50. The smallest absolute Gasteiger partial charge is 0.233 e. The standard InChI is InChI=1S/C22H24N4O2/c1-25-19-13-23-11-7-18(19)24-20(25)15-8-12-26(14-15)21(27)22(9-10-22)16-3-5-17(28-2)6-4-16/h3-7,11,13,15H,8-10,12,14H2,1-2H3. The molecule has 1 amide bonds. The number of likely N-dealkylation sites (tertiary alicyclic amines) is 1. The molecule has 2 aromatic heterocycles. The minimum atomic E-state index is -0.336. The van der Waals surface area contributed by atoms with E-state index < -0.39 is 0 Å². The Labute approximate surface area is 164 Å². The molecule has 1 atom stereocenters. The predicted octanol–water partition coefficient (Wildman–Crippen LogP) is 3.02. The molecule has 144 valence electrons. The maximum atomic E-state index is 13.4. The number of hydrogen-bond acceptors (Lipinski definition) is 4. The summed E-state index contributed by atoms with van der Waals surface area (Å²) in [5.41, 5.74) is 2.78. The number of methoxy groups -OCH3 is 1. The molecule has 28 heavy (non-hydrogen) atoms. The van der Waals surface area contributed by atoms with Crippen molar-refractivity contribution in [2.45, 2.75) is 30.6 Å². The zero-order valence-corrected chi connectivity index (χ0v) is 16.3. The summed E-state index contributed by atoms with van der Waals surface area (Å²) in [7, 11) is 3.70. The molecule has 6 nitrogen and oxygen atoms in total. The summed E-state index contributed by atoms with van der Waals surface area (Å²) in [5.74, 6) is 2.41. The molecule has 0 N–H and O–H groups in total. The molecular weight excluding hydrogens is 352 g/mol. The summed E-state index contributed by atoms with van der Waals surface area (Å²) in [4.78, 5) is 24.4. The first-order valence-corrected chi connectivity index (χ1v) is 9.82. The van der Waals surface area contributed by atoms with E-state index in [1.54, 1.807) is 13.3 Å². The number of imidazole rings is 1. The van der Waals surface area contributed by atoms with Gasteiger partial charge in [-0.2, -0.15) is 0 Å². The average molecular weight is 376 g/mol. The van der Waals surface area contributed by atoms with Crippen molar-refractivity contribution >= 4 is 16.9 Å². The lowest BCUT2D eigenvalue weighted by Gasteiger charge is -2.24. The van der Waals surface area contributed by atoms with Crippen LogP contribution < -0.4 is 4.74 Å². The van der Waals surface area contributed by atoms with Gasteiger partial charge in [-0.3, -0.25) is 9.78 Å². The largest absolute Gasteiger partial charge is 0.497 e. The number of aryl methyl sites for hydroxylation is 1. The third-order valence-corrected chi connectivity index (χ3v) is 6.36. The molecule has 2 aliphatic rings. The molecule has 1 aliphatic heterocycles. The molecular formula is C22H24N4O2. The molecule has 5 rings (SSSR count). The van der Waals surface area contributed by atoms with Crippen LogP contribution >= 0.6 is 0 Å². The summed E-state index contributed by atoms with van der Waals surface area (Å²) in [6, 6.07) is 9.91. The van der Waals surface area contributed by atoms with Crippen LogP contribution in [0.15, 0.2) is 42.7 Å². The van der Waals surface area contributed by atoms with Crippen molar-refractivity contribution < 1.29 is 9.53 Å². The summed E-state index contributed by atoms with van der Waals surface area (Å²) < 4.78 is 7.38. The Hall–Kier alpha value is -2.89. The quantitative estimate of drug-likeness (QED) is 0.702. The Morgan fingerprint density at radius 1 is 1.21 bits per heavy atom. The SMILES string of the molecule is COc1ccc(C2(C(=O)N3CCC(c4nc5ccncc5n4C)C3)CC2)cc1. The van der Waals surface area contributed by atoms with Crippen LogP contribution in [0.25, 0.3) is 11.0 Å². The summed E-state index contributed by atoms with van der Waals surface area (Å²) in [6.45, 7) is 1.53. The molecule has 3 heterocycles. The average Bonchev–Trinajstić information content (AvgIpc) is 3.28. The van der Waals surface area contributed by atoms with E-state index in [4.69, 9.17) is 9.72 Å². The van der Waals surface area contributed by atoms with Crippen molar-refractivity contribution in [1.82, 2.24) is 19.4 Å². The highest BCUT2D eigenvalue weighted by Gasteiger charge is 2.53. The molecule has 3 aromatic rings. The van der Waals surface area contributed by atoms with E-state index in [1.807, 2.05) is 48.5 Å². The number of hydrogen-bond donors (Lipinski definition) is 0. The van der Waals surface area contributed by atoms with E-state index in [2.05, 4.69) is 9.55 Å². The summed E-state index contributed by atoms with van der Waals surface area (Å²) in [5, 5.41) is 0. The van der Waals surface area contributed by atoms with Gasteiger partial charge < -0.3 is 14.2 Å². The van der Waals surface area contributed by atoms with Gasteiger partial charge in [-0.1, -0.05) is 12.1 Å². The molecule has 1 saturated heterocycles. The highest BCUT2D eigenvalue weighted by molar-refractivity contribution is 5.91. The Morgan fingerprint density at radius 2 is 2.00 bits per heavy atom. The summed E-state index contributed by atoms with van der Waals surface area (Å²) >= 11 is 0. The number of carbonyl (C=O) groups is 1. The fourth-order valence-corrected chi connectivity index (χ4v) is 4.54. The molecule has 2 fully saturated rings. The van der Waals surface area contributed by atoms with E-state index in [9.17, 15) is 4.79 Å². The molecule has 1 saturated carbocycles. The van der Waals surface area contributed by atoms with Crippen LogP contribution in [0.3, 0.4) is 0 Å². The van der Waals surface area contributed by atoms with Gasteiger partial charge in [0, 0.05) is 32.3 Å². The van der Waals surface area contributed by atoms with Crippen LogP contribution in [0, 0.1) is 0 Å². The van der Waals surface area contributed by atoms with Crippen molar-refractivity contribution in [3.63, 3.8) is 0 Å². The number of amides is 1. The second-order valence-electron chi connectivity index (χ2n) is 7.94. The first-order valence-electron chi connectivity index (χ1n) is 9.82. The zero-order chi connectivity index (χ0) is 19.3. The van der Waals surface area contributed by atoms with Gasteiger partial charge in [0.05, 0.1) is 29.8 Å². The van der Waals surface area contributed by atoms with Gasteiger partial charge >= 0.3 is 0 Å². The maximum absolute atomic E-state index is 13.4. The van der Waals surface area contributed by atoms with Crippen LogP contribution in [0.2, 0.25) is 0 Å². The topological polar surface area (TPSA) is 60.2 Å². The van der Waals surface area contributed by atoms with Crippen molar-refractivity contribution in [2.24, 2.45) is 7.05 Å². The van der Waals surface area contributed by atoms with Gasteiger partial charge in [0.25, 0.3) is 0 Å². The first kappa shape index (κ1) is 17.2. The van der Waals surface area contributed by atoms with Gasteiger partial charge in [-0.05, 0) is 43.0 Å². The van der Waals surface area contributed by atoms with Crippen LogP contribution in [0.5, 0.6) is 5.75 Å². The third kappa shape index (κ3) is 2.58. The number of aromatic nitrogens is 3. The number of fused-ring (bicyclic) bond motifs is 1. The number of carbonyl (C=O) groups excluding carboxylic acids is 1. The fourth-order valence-electron chi connectivity index (χ4n) is 4.54. The second-order valence-corrected chi connectivity index (χ2v) is 7.94. The van der Waals surface area contributed by atoms with Crippen molar-refractivity contribution in [3.8, 4) is 5.75 Å². The lowest BCUT2D eigenvalue weighted by Crippen LogP contribution is -2.37. The molecule has 6 heteroatoms. The van der Waals surface area contributed by atoms with Crippen molar-refractivity contribution in [2.75, 3.05) is 20.2 Å². The fraction of sp³-hybridized carbons (Fsp3) is 0.409. The van der Waals surface area contributed by atoms with Crippen molar-refractivity contribution in [1.29, 1.82) is 0 Å². The van der Waals surface area contributed by atoms with Crippen LogP contribution in [0.4, 0.5) is 0 Å². The van der Waals surface area contributed by atoms with E-state index in [-0.39, 0.29) is 17.2 Å². The predicted molar refractivity (Wildman–Crippen MR) is 106 cm³/mol. The molecule has 1 aromatic carbocycles. The van der Waals surface area contributed by atoms with Crippen LogP contribution in [-0.4, -0.2) is 45.5 Å². The number of benzene rings is 1. The van der Waals surface area contributed by atoms with Crippen LogP contribution in [0.1, 0.15) is 36.6 Å². The lowest BCUT2D eigenvalue weighted by atomic mass is 9.94. The Bertz CT molecular complexity index is 1040. The molecule has 1 unspecified atom stereocenters. The van der Waals surface area contributed by atoms with Gasteiger partial charge in [-0.25, -0.2) is 4.98 Å². The Balaban J connectivity index is 1.36.